The van der Waals surface area contributed by atoms with E-state index in [9.17, 15) is 20.4 Å². The van der Waals surface area contributed by atoms with E-state index in [4.69, 9.17) is 18.9 Å². The Morgan fingerprint density at radius 3 is 2.62 bits per heavy atom. The Morgan fingerprint density at radius 1 is 1.09 bits per heavy atom. The minimum atomic E-state index is -1.53. The lowest BCUT2D eigenvalue weighted by Gasteiger charge is -2.47. The van der Waals surface area contributed by atoms with Gasteiger partial charge in [0.1, 0.15) is 18.0 Å². The Morgan fingerprint density at radius 2 is 1.88 bits per heavy atom. The summed E-state index contributed by atoms with van der Waals surface area (Å²) in [6.45, 7) is 3.23. The Balaban J connectivity index is 1.41. The van der Waals surface area contributed by atoms with Crippen molar-refractivity contribution in [3.05, 3.63) is 46.7 Å². The topological polar surface area (TPSA) is 121 Å². The molecule has 2 saturated heterocycles. The molecule has 4 aliphatic rings. The molecule has 9 nitrogen and oxygen atoms in total. The third-order valence-electron chi connectivity index (χ3n) is 7.73. The normalized spacial score (nSPS) is 37.6. The van der Waals surface area contributed by atoms with E-state index in [0.29, 0.717) is 18.1 Å². The largest absolute Gasteiger partial charge is 0.504 e. The molecule has 8 atom stereocenters. The Bertz CT molecular complexity index is 993. The predicted octanol–water partition coefficient (Wildman–Crippen LogP) is 1.04. The number of fused-ring (bicyclic) bond motifs is 4. The molecule has 9 heteroatoms. The van der Waals surface area contributed by atoms with Crippen LogP contribution in [-0.4, -0.2) is 83.0 Å². The predicted molar refractivity (Wildman–Crippen MR) is 121 cm³/mol. The Labute approximate surface area is 198 Å². The van der Waals surface area contributed by atoms with Crippen molar-refractivity contribution >= 4 is 0 Å². The number of methoxy groups -OCH3 is 2. The van der Waals surface area contributed by atoms with E-state index in [0.717, 1.165) is 30.5 Å². The van der Waals surface area contributed by atoms with Gasteiger partial charge in [0.05, 0.1) is 13.2 Å². The van der Waals surface area contributed by atoms with Crippen LogP contribution in [0.3, 0.4) is 0 Å². The fourth-order valence-corrected chi connectivity index (χ4v) is 5.65. The maximum Gasteiger partial charge on any atom is 0.207 e. The molecular weight excluding hydrogens is 442 g/mol. The summed E-state index contributed by atoms with van der Waals surface area (Å²) in [7, 11) is 3.17. The summed E-state index contributed by atoms with van der Waals surface area (Å²) >= 11 is 0. The second-order valence-electron chi connectivity index (χ2n) is 9.59. The van der Waals surface area contributed by atoms with Crippen LogP contribution in [-0.2, 0) is 27.2 Å². The van der Waals surface area contributed by atoms with Gasteiger partial charge < -0.3 is 39.4 Å². The molecule has 1 aromatic rings. The van der Waals surface area contributed by atoms with Crippen molar-refractivity contribution in [2.24, 2.45) is 11.8 Å². The molecule has 3 heterocycles. The first-order valence-corrected chi connectivity index (χ1v) is 11.8. The summed E-state index contributed by atoms with van der Waals surface area (Å²) in [4.78, 5) is 2.38. The van der Waals surface area contributed by atoms with Gasteiger partial charge in [0.15, 0.2) is 17.8 Å². The van der Waals surface area contributed by atoms with E-state index >= 15 is 0 Å². The first-order chi connectivity index (χ1) is 16.3. The highest BCUT2D eigenvalue weighted by Gasteiger charge is 2.45. The van der Waals surface area contributed by atoms with Gasteiger partial charge in [-0.15, -0.1) is 0 Å². The van der Waals surface area contributed by atoms with Crippen molar-refractivity contribution in [1.82, 2.24) is 4.90 Å². The van der Waals surface area contributed by atoms with E-state index in [1.165, 1.54) is 5.57 Å². The number of aliphatic hydroxyl groups excluding tert-OH is 3. The standard InChI is InChI=1S/C25H33NO8/c1-12-21(27)23(29)24(30)34-25(12)33-20-10-15-14(9-19(20)32-3)6-7-26-11-16-13(8-17(15)26)4-5-18(31-2)22(16)28/h4-5,9-10,12,15,17,19,21,23-25,27-30H,6-8,11H2,1-3H3. The fraction of sp³-hybridized carbons (Fsp3) is 0.600. The van der Waals surface area contributed by atoms with Crippen LogP contribution in [0.4, 0.5) is 0 Å². The molecule has 1 aliphatic carbocycles. The SMILES string of the molecule is COc1ccc2c(c1O)CN1CCC3=CC(OC)C(OC4OC(O)C(O)C(O)C4C)=CC3C1C2. The van der Waals surface area contributed by atoms with Crippen LogP contribution in [0.25, 0.3) is 0 Å². The summed E-state index contributed by atoms with van der Waals surface area (Å²) in [5.74, 6) is 0.804. The molecule has 186 valence electrons. The molecule has 0 aromatic heterocycles. The molecule has 5 rings (SSSR count). The molecule has 8 unspecified atom stereocenters. The number of hydrogen-bond acceptors (Lipinski definition) is 9. The maximum absolute atomic E-state index is 10.7. The third-order valence-corrected chi connectivity index (χ3v) is 7.73. The number of aliphatic hydroxyl groups is 3. The van der Waals surface area contributed by atoms with Crippen LogP contribution < -0.4 is 4.74 Å². The zero-order valence-electron chi connectivity index (χ0n) is 19.6. The number of piperidine rings is 1. The molecule has 4 N–H and O–H groups in total. The maximum atomic E-state index is 10.7. The fourth-order valence-electron chi connectivity index (χ4n) is 5.65. The Hall–Kier alpha value is -2.14. The first kappa shape index (κ1) is 23.6. The van der Waals surface area contributed by atoms with Gasteiger partial charge in [-0.25, -0.2) is 0 Å². The van der Waals surface area contributed by atoms with Crippen molar-refractivity contribution < 1.29 is 39.4 Å². The number of ether oxygens (including phenoxy) is 4. The number of hydrogen-bond donors (Lipinski definition) is 4. The minimum absolute atomic E-state index is 0.0897. The number of benzene rings is 1. The van der Waals surface area contributed by atoms with E-state index in [1.54, 1.807) is 21.1 Å². The summed E-state index contributed by atoms with van der Waals surface area (Å²) in [5.41, 5.74) is 3.31. The van der Waals surface area contributed by atoms with Crippen molar-refractivity contribution in [3.8, 4) is 11.5 Å². The number of phenols is 1. The minimum Gasteiger partial charge on any atom is -0.504 e. The average Bonchev–Trinajstić information content (AvgIpc) is 2.85. The van der Waals surface area contributed by atoms with E-state index in [1.807, 2.05) is 12.1 Å². The second-order valence-corrected chi connectivity index (χ2v) is 9.59. The molecule has 0 radical (unpaired) electrons. The molecule has 2 fully saturated rings. The van der Waals surface area contributed by atoms with Crippen LogP contribution in [0.15, 0.2) is 35.6 Å². The molecule has 1 aromatic carbocycles. The van der Waals surface area contributed by atoms with Gasteiger partial charge in [0.25, 0.3) is 0 Å². The van der Waals surface area contributed by atoms with Gasteiger partial charge >= 0.3 is 0 Å². The van der Waals surface area contributed by atoms with Crippen molar-refractivity contribution in [2.75, 3.05) is 20.8 Å². The summed E-state index contributed by atoms with van der Waals surface area (Å²) in [6, 6.07) is 4.03. The quantitative estimate of drug-likeness (QED) is 0.473. The van der Waals surface area contributed by atoms with Gasteiger partial charge in [0, 0.05) is 43.6 Å². The van der Waals surface area contributed by atoms with Crippen LogP contribution in [0, 0.1) is 11.8 Å². The summed E-state index contributed by atoms with van der Waals surface area (Å²) in [5, 5.41) is 40.8. The average molecular weight is 476 g/mol. The van der Waals surface area contributed by atoms with Crippen LogP contribution in [0.2, 0.25) is 0 Å². The highest BCUT2D eigenvalue weighted by atomic mass is 16.7. The lowest BCUT2D eigenvalue weighted by Crippen LogP contribution is -2.54. The zero-order chi connectivity index (χ0) is 24.1. The number of nitrogens with zero attached hydrogens (tertiary/aromatic N) is 1. The van der Waals surface area contributed by atoms with Crippen molar-refractivity contribution in [3.63, 3.8) is 0 Å². The lowest BCUT2D eigenvalue weighted by molar-refractivity contribution is -0.320. The Kier molecular flexibility index (Phi) is 6.34. The lowest BCUT2D eigenvalue weighted by atomic mass is 9.75. The monoisotopic (exact) mass is 475 g/mol. The number of phenolic OH excluding ortho intramolecular Hbond substituents is 1. The molecular formula is C25H33NO8. The molecule has 0 amide bonds. The summed E-state index contributed by atoms with van der Waals surface area (Å²) in [6.07, 6.45) is 0.391. The summed E-state index contributed by atoms with van der Waals surface area (Å²) < 4.78 is 22.6. The number of rotatable bonds is 4. The van der Waals surface area contributed by atoms with Crippen molar-refractivity contribution in [2.45, 2.75) is 63.2 Å². The van der Waals surface area contributed by atoms with Gasteiger partial charge in [-0.3, -0.25) is 4.90 Å². The molecule has 34 heavy (non-hydrogen) atoms. The molecule has 0 bridgehead atoms. The van der Waals surface area contributed by atoms with Crippen molar-refractivity contribution in [1.29, 1.82) is 0 Å². The van der Waals surface area contributed by atoms with Gasteiger partial charge in [-0.05, 0) is 36.6 Å². The van der Waals surface area contributed by atoms with Crippen LogP contribution >= 0.6 is 0 Å². The van der Waals surface area contributed by atoms with E-state index in [2.05, 4.69) is 17.1 Å². The zero-order valence-corrected chi connectivity index (χ0v) is 19.6. The number of aromatic hydroxyl groups is 1. The second kappa shape index (κ2) is 9.14. The van der Waals surface area contributed by atoms with Gasteiger partial charge in [-0.2, -0.15) is 0 Å². The smallest absolute Gasteiger partial charge is 0.207 e. The molecule has 3 aliphatic heterocycles. The van der Waals surface area contributed by atoms with E-state index < -0.39 is 36.8 Å². The van der Waals surface area contributed by atoms with Gasteiger partial charge in [0.2, 0.25) is 6.29 Å². The highest BCUT2D eigenvalue weighted by molar-refractivity contribution is 5.51. The van der Waals surface area contributed by atoms with Crippen LogP contribution in [0.1, 0.15) is 24.5 Å². The van der Waals surface area contributed by atoms with Gasteiger partial charge in [-0.1, -0.05) is 18.6 Å². The third kappa shape index (κ3) is 3.90. The molecule has 0 spiro atoms. The first-order valence-electron chi connectivity index (χ1n) is 11.8. The molecule has 0 saturated carbocycles. The highest BCUT2D eigenvalue weighted by Crippen LogP contribution is 2.44. The van der Waals surface area contributed by atoms with E-state index in [-0.39, 0.29) is 17.7 Å². The van der Waals surface area contributed by atoms with Crippen LogP contribution in [0.5, 0.6) is 11.5 Å².